The van der Waals surface area contributed by atoms with Crippen LogP contribution in [0, 0.1) is 0 Å². The number of amides is 1. The lowest BCUT2D eigenvalue weighted by Gasteiger charge is -2.16. The molecule has 18 heavy (non-hydrogen) atoms. The smallest absolute Gasteiger partial charge is 0.220 e. The fourth-order valence-corrected chi connectivity index (χ4v) is 2.69. The molecule has 2 aromatic rings. The van der Waals surface area contributed by atoms with Crippen molar-refractivity contribution in [2.75, 3.05) is 0 Å². The molecule has 2 unspecified atom stereocenters. The Bertz CT molecular complexity index is 594. The Kier molecular flexibility index (Phi) is 2.74. The Labute approximate surface area is 106 Å². The van der Waals surface area contributed by atoms with E-state index in [1.165, 1.54) is 0 Å². The number of rotatable bonds is 2. The number of carbonyl (C=O) groups is 1. The van der Waals surface area contributed by atoms with Crippen LogP contribution in [0.2, 0.25) is 0 Å². The van der Waals surface area contributed by atoms with Crippen molar-refractivity contribution in [3.8, 4) is 0 Å². The van der Waals surface area contributed by atoms with Crippen LogP contribution in [0.1, 0.15) is 31.4 Å². The number of hydrogen-bond acceptors (Lipinski definition) is 2. The highest BCUT2D eigenvalue weighted by molar-refractivity contribution is 5.81. The fraction of sp³-hybridized carbons (Fsp3) is 0.333. The third-order valence-electron chi connectivity index (χ3n) is 3.68. The highest BCUT2D eigenvalue weighted by atomic mass is 16.2. The molecule has 3 nitrogen and oxygen atoms in total. The van der Waals surface area contributed by atoms with Gasteiger partial charge < -0.3 is 5.32 Å². The summed E-state index contributed by atoms with van der Waals surface area (Å²) in [5.74, 6) is 0.355. The molecular formula is C15H16N2O. The fourth-order valence-electron chi connectivity index (χ4n) is 2.69. The Hall–Kier alpha value is -1.90. The van der Waals surface area contributed by atoms with E-state index in [9.17, 15) is 4.79 Å². The topological polar surface area (TPSA) is 42.0 Å². The second-order valence-electron chi connectivity index (χ2n) is 4.82. The summed E-state index contributed by atoms with van der Waals surface area (Å²) in [6, 6.07) is 12.5. The molecule has 0 spiro atoms. The van der Waals surface area contributed by atoms with Crippen LogP contribution in [0.25, 0.3) is 10.9 Å². The number of aromatic nitrogens is 1. The summed E-state index contributed by atoms with van der Waals surface area (Å²) in [5.41, 5.74) is 2.03. The normalized spacial score (nSPS) is 23.3. The maximum atomic E-state index is 11.5. The molecule has 3 rings (SSSR count). The summed E-state index contributed by atoms with van der Waals surface area (Å²) in [6.07, 6.45) is 1.51. The summed E-state index contributed by atoms with van der Waals surface area (Å²) < 4.78 is 0. The van der Waals surface area contributed by atoms with Gasteiger partial charge in [0.25, 0.3) is 0 Å². The van der Waals surface area contributed by atoms with E-state index in [0.717, 1.165) is 23.0 Å². The zero-order chi connectivity index (χ0) is 12.5. The Morgan fingerprint density at radius 3 is 2.94 bits per heavy atom. The Morgan fingerprint density at radius 2 is 2.11 bits per heavy atom. The van der Waals surface area contributed by atoms with Gasteiger partial charge in [0.15, 0.2) is 0 Å². The lowest BCUT2D eigenvalue weighted by Crippen LogP contribution is -2.27. The molecule has 1 aromatic heterocycles. The minimum absolute atomic E-state index is 0.141. The number of benzene rings is 1. The van der Waals surface area contributed by atoms with Crippen molar-refractivity contribution >= 4 is 16.8 Å². The monoisotopic (exact) mass is 240 g/mol. The van der Waals surface area contributed by atoms with Crippen molar-refractivity contribution in [1.29, 1.82) is 0 Å². The highest BCUT2D eigenvalue weighted by Gasteiger charge is 2.33. The number of nitrogens with zero attached hydrogens (tertiary/aromatic N) is 1. The van der Waals surface area contributed by atoms with E-state index in [0.29, 0.717) is 6.42 Å². The molecule has 1 aliphatic rings. The number of nitrogens with one attached hydrogen (secondary N) is 1. The van der Waals surface area contributed by atoms with E-state index in [1.54, 1.807) is 0 Å². The largest absolute Gasteiger partial charge is 0.353 e. The Morgan fingerprint density at radius 1 is 1.28 bits per heavy atom. The van der Waals surface area contributed by atoms with Gasteiger partial charge in [0, 0.05) is 29.5 Å². The van der Waals surface area contributed by atoms with Crippen molar-refractivity contribution in [1.82, 2.24) is 10.3 Å². The summed E-state index contributed by atoms with van der Waals surface area (Å²) in [5, 5.41) is 4.17. The van der Waals surface area contributed by atoms with Crippen LogP contribution in [-0.2, 0) is 4.79 Å². The van der Waals surface area contributed by atoms with Crippen LogP contribution >= 0.6 is 0 Å². The number of para-hydroxylation sites is 1. The molecular weight excluding hydrogens is 224 g/mol. The van der Waals surface area contributed by atoms with E-state index in [2.05, 4.69) is 30.4 Å². The molecule has 1 N–H and O–H groups in total. The van der Waals surface area contributed by atoms with Crippen molar-refractivity contribution in [2.45, 2.75) is 31.7 Å². The lowest BCUT2D eigenvalue weighted by molar-refractivity contribution is -0.119. The second kappa shape index (κ2) is 4.41. The predicted molar refractivity (Wildman–Crippen MR) is 71.3 cm³/mol. The predicted octanol–water partition coefficient (Wildman–Crippen LogP) is 2.62. The molecule has 2 atom stereocenters. The number of carbonyl (C=O) groups excluding carboxylic acids is 1. The van der Waals surface area contributed by atoms with Crippen LogP contribution in [0.15, 0.2) is 36.4 Å². The van der Waals surface area contributed by atoms with Crippen molar-refractivity contribution in [2.24, 2.45) is 0 Å². The van der Waals surface area contributed by atoms with Gasteiger partial charge in [-0.3, -0.25) is 9.78 Å². The van der Waals surface area contributed by atoms with Crippen molar-refractivity contribution in [3.05, 3.63) is 42.1 Å². The van der Waals surface area contributed by atoms with E-state index in [-0.39, 0.29) is 17.9 Å². The molecule has 3 heteroatoms. The SMILES string of the molecule is CCC1NC(=O)CC1c1ccc2ccccc2n1. The third-order valence-corrected chi connectivity index (χ3v) is 3.68. The van der Waals surface area contributed by atoms with Crippen molar-refractivity contribution in [3.63, 3.8) is 0 Å². The molecule has 1 fully saturated rings. The van der Waals surface area contributed by atoms with Gasteiger partial charge in [0.1, 0.15) is 0 Å². The molecule has 1 saturated heterocycles. The summed E-state index contributed by atoms with van der Waals surface area (Å²) in [6.45, 7) is 2.10. The first-order chi connectivity index (χ1) is 8.78. The molecule has 1 aromatic carbocycles. The first-order valence-electron chi connectivity index (χ1n) is 6.43. The van der Waals surface area contributed by atoms with Gasteiger partial charge in [-0.15, -0.1) is 0 Å². The van der Waals surface area contributed by atoms with Crippen LogP contribution < -0.4 is 5.32 Å². The van der Waals surface area contributed by atoms with E-state index < -0.39 is 0 Å². The minimum Gasteiger partial charge on any atom is -0.353 e. The first-order valence-corrected chi connectivity index (χ1v) is 6.43. The molecule has 0 radical (unpaired) electrons. The van der Waals surface area contributed by atoms with Crippen molar-refractivity contribution < 1.29 is 4.79 Å². The number of pyridine rings is 1. The third kappa shape index (κ3) is 1.86. The highest BCUT2D eigenvalue weighted by Crippen LogP contribution is 2.29. The minimum atomic E-state index is 0.141. The zero-order valence-electron chi connectivity index (χ0n) is 10.4. The van der Waals surface area contributed by atoms with E-state index >= 15 is 0 Å². The molecule has 1 amide bonds. The van der Waals surface area contributed by atoms with Gasteiger partial charge in [-0.05, 0) is 18.6 Å². The van der Waals surface area contributed by atoms with Crippen LogP contribution in [0.3, 0.4) is 0 Å². The van der Waals surface area contributed by atoms with Gasteiger partial charge in [-0.25, -0.2) is 0 Å². The average Bonchev–Trinajstić information content (AvgIpc) is 2.79. The molecule has 2 heterocycles. The molecule has 0 aliphatic carbocycles. The maximum Gasteiger partial charge on any atom is 0.220 e. The standard InChI is InChI=1S/C15H16N2O/c1-2-12-11(9-15(18)17-12)14-8-7-10-5-3-4-6-13(10)16-14/h3-8,11-12H,2,9H2,1H3,(H,17,18). The molecule has 92 valence electrons. The first kappa shape index (κ1) is 11.2. The van der Waals surface area contributed by atoms with Crippen LogP contribution in [0.5, 0.6) is 0 Å². The number of fused-ring (bicyclic) bond motifs is 1. The number of hydrogen-bond donors (Lipinski definition) is 1. The molecule has 1 aliphatic heterocycles. The second-order valence-corrected chi connectivity index (χ2v) is 4.82. The van der Waals surface area contributed by atoms with Gasteiger partial charge in [-0.1, -0.05) is 31.2 Å². The quantitative estimate of drug-likeness (QED) is 0.876. The summed E-state index contributed by atoms with van der Waals surface area (Å²) >= 11 is 0. The van der Waals surface area contributed by atoms with Gasteiger partial charge >= 0.3 is 0 Å². The van der Waals surface area contributed by atoms with E-state index in [1.807, 2.05) is 18.2 Å². The Balaban J connectivity index is 2.01. The van der Waals surface area contributed by atoms with Crippen LogP contribution in [-0.4, -0.2) is 16.9 Å². The van der Waals surface area contributed by atoms with Gasteiger partial charge in [0.2, 0.25) is 5.91 Å². The lowest BCUT2D eigenvalue weighted by atomic mass is 9.94. The zero-order valence-corrected chi connectivity index (χ0v) is 10.4. The average molecular weight is 240 g/mol. The molecule has 0 saturated carbocycles. The van der Waals surface area contributed by atoms with Gasteiger partial charge in [-0.2, -0.15) is 0 Å². The van der Waals surface area contributed by atoms with Gasteiger partial charge in [0.05, 0.1) is 5.52 Å². The molecule has 0 bridgehead atoms. The van der Waals surface area contributed by atoms with Crippen LogP contribution in [0.4, 0.5) is 0 Å². The maximum absolute atomic E-state index is 11.5. The van der Waals surface area contributed by atoms with E-state index in [4.69, 9.17) is 4.98 Å². The summed E-state index contributed by atoms with van der Waals surface area (Å²) in [4.78, 5) is 16.2. The summed E-state index contributed by atoms with van der Waals surface area (Å²) in [7, 11) is 0.